The summed E-state index contributed by atoms with van der Waals surface area (Å²) in [6.45, 7) is 15.4. The molecule has 1 aliphatic carbocycles. The van der Waals surface area contributed by atoms with Crippen LogP contribution in [0.15, 0.2) is 41.5 Å². The molecule has 42 heavy (non-hydrogen) atoms. The molecule has 3 aromatic rings. The zero-order valence-corrected chi connectivity index (χ0v) is 27.6. The van der Waals surface area contributed by atoms with Gasteiger partial charge in [0.2, 0.25) is 5.95 Å². The van der Waals surface area contributed by atoms with Gasteiger partial charge in [0.05, 0.1) is 37.8 Å². The predicted octanol–water partition coefficient (Wildman–Crippen LogP) is 6.82. The van der Waals surface area contributed by atoms with Crippen molar-refractivity contribution >= 4 is 56.5 Å². The number of phosphoric acid groups is 1. The Morgan fingerprint density at radius 2 is 2.05 bits per heavy atom. The van der Waals surface area contributed by atoms with Gasteiger partial charge in [-0.05, 0) is 48.3 Å². The minimum Gasteiger partial charge on any atom is -0.413 e. The zero-order valence-electron chi connectivity index (χ0n) is 24.2. The summed E-state index contributed by atoms with van der Waals surface area (Å²) < 4.78 is 39.8. The molecule has 5 rings (SSSR count). The van der Waals surface area contributed by atoms with Crippen molar-refractivity contribution in [2.45, 2.75) is 70.0 Å². The second-order valence-electron chi connectivity index (χ2n) is 12.2. The van der Waals surface area contributed by atoms with Crippen molar-refractivity contribution in [2.75, 3.05) is 18.9 Å². The van der Waals surface area contributed by atoms with Gasteiger partial charge >= 0.3 is 7.82 Å². The van der Waals surface area contributed by atoms with E-state index in [-0.39, 0.29) is 47.8 Å². The number of nitrogens with zero attached hydrogens (tertiary/aromatic N) is 3. The van der Waals surface area contributed by atoms with Gasteiger partial charge in [-0.3, -0.25) is 23.3 Å². The molecular weight excluding hydrogens is 620 g/mol. The summed E-state index contributed by atoms with van der Waals surface area (Å²) in [7, 11) is -6.22. The number of hydrogen-bond acceptors (Lipinski definition) is 9. The molecule has 5 atom stereocenters. The lowest BCUT2D eigenvalue weighted by Gasteiger charge is -2.40. The quantitative estimate of drug-likeness (QED) is 0.159. The van der Waals surface area contributed by atoms with Crippen LogP contribution in [0.1, 0.15) is 51.3 Å². The third kappa shape index (κ3) is 6.14. The van der Waals surface area contributed by atoms with E-state index in [1.165, 1.54) is 0 Å². The number of rotatable bonds is 7. The average Bonchev–Trinajstić information content (AvgIpc) is 3.43. The number of H-pyrrole nitrogens is 1. The van der Waals surface area contributed by atoms with Crippen LogP contribution in [0.4, 0.5) is 5.95 Å². The van der Waals surface area contributed by atoms with Gasteiger partial charge in [0.1, 0.15) is 0 Å². The minimum absolute atomic E-state index is 0.00845. The topological polar surface area (TPSA) is 144 Å². The summed E-state index contributed by atoms with van der Waals surface area (Å²) in [5.74, 6) is -0.375. The fourth-order valence-electron chi connectivity index (χ4n) is 5.11. The van der Waals surface area contributed by atoms with E-state index in [1.807, 2.05) is 0 Å². The number of anilines is 1. The highest BCUT2D eigenvalue weighted by molar-refractivity contribution is 7.48. The number of nitrogens with two attached hydrogens (primary N) is 1. The van der Waals surface area contributed by atoms with Crippen molar-refractivity contribution in [2.24, 2.45) is 5.92 Å². The van der Waals surface area contributed by atoms with Gasteiger partial charge < -0.3 is 14.7 Å². The molecule has 1 aromatic carbocycles. The molecule has 0 unspecified atom stereocenters. The van der Waals surface area contributed by atoms with Crippen LogP contribution in [0.25, 0.3) is 11.2 Å². The molecule has 1 aliphatic heterocycles. The van der Waals surface area contributed by atoms with Crippen molar-refractivity contribution in [1.82, 2.24) is 19.5 Å². The van der Waals surface area contributed by atoms with E-state index in [0.29, 0.717) is 34.1 Å². The Labute approximate surface area is 255 Å². The first kappa shape index (κ1) is 31.4. The van der Waals surface area contributed by atoms with Gasteiger partial charge in [-0.25, -0.2) is 9.55 Å². The van der Waals surface area contributed by atoms with Gasteiger partial charge in [-0.15, -0.1) is 0 Å². The fourth-order valence-corrected chi connectivity index (χ4v) is 8.30. The summed E-state index contributed by atoms with van der Waals surface area (Å²) in [6.07, 6.45) is 1.58. The Morgan fingerprint density at radius 3 is 2.76 bits per heavy atom. The van der Waals surface area contributed by atoms with E-state index in [2.05, 4.69) is 55.4 Å². The van der Waals surface area contributed by atoms with E-state index in [9.17, 15) is 9.36 Å². The van der Waals surface area contributed by atoms with Crippen LogP contribution in [0.5, 0.6) is 0 Å². The summed E-state index contributed by atoms with van der Waals surface area (Å²) in [4.78, 5) is 23.5. The Balaban J connectivity index is 1.42. The molecule has 0 radical (unpaired) electrons. The van der Waals surface area contributed by atoms with Gasteiger partial charge in [0, 0.05) is 27.9 Å². The lowest BCUT2D eigenvalue weighted by atomic mass is 10.0. The second-order valence-corrected chi connectivity index (χ2v) is 19.5. The van der Waals surface area contributed by atoms with Crippen LogP contribution in [0.3, 0.4) is 0 Å². The minimum atomic E-state index is -3.97. The molecule has 1 saturated heterocycles. The molecule has 2 aromatic heterocycles. The van der Waals surface area contributed by atoms with E-state index in [1.54, 1.807) is 29.1 Å². The molecule has 3 heterocycles. The molecule has 2 aliphatic rings. The monoisotopic (exact) mass is 655 g/mol. The highest BCUT2D eigenvalue weighted by atomic mass is 35.5. The van der Waals surface area contributed by atoms with Crippen molar-refractivity contribution in [3.63, 3.8) is 0 Å². The number of phosphoric ester groups is 1. The molecule has 11 nitrogen and oxygen atoms in total. The van der Waals surface area contributed by atoms with E-state index < -0.39 is 27.8 Å². The third-order valence-corrected chi connectivity index (χ3v) is 15.0. The summed E-state index contributed by atoms with van der Waals surface area (Å²) in [6, 6.07) is 4.72. The number of imidazole rings is 1. The van der Waals surface area contributed by atoms with Crippen LogP contribution in [-0.4, -0.2) is 47.2 Å². The van der Waals surface area contributed by atoms with Crippen molar-refractivity contribution < 1.29 is 22.6 Å². The number of nitrogens with one attached hydrogen (secondary N) is 1. The zero-order chi connectivity index (χ0) is 30.6. The van der Waals surface area contributed by atoms with Gasteiger partial charge in [-0.2, -0.15) is 4.98 Å². The van der Waals surface area contributed by atoms with Crippen molar-refractivity contribution in [1.29, 1.82) is 0 Å². The maximum atomic E-state index is 13.7. The number of aromatic amines is 1. The first-order valence-electron chi connectivity index (χ1n) is 13.7. The van der Waals surface area contributed by atoms with Crippen molar-refractivity contribution in [3.8, 4) is 0 Å². The maximum absolute atomic E-state index is 13.7. The molecule has 0 spiro atoms. The van der Waals surface area contributed by atoms with Gasteiger partial charge in [-0.1, -0.05) is 50.6 Å². The molecule has 2 fully saturated rings. The van der Waals surface area contributed by atoms with E-state index in [4.69, 9.17) is 46.9 Å². The number of benzene rings is 1. The van der Waals surface area contributed by atoms with Gasteiger partial charge in [0.15, 0.2) is 19.5 Å². The smallest absolute Gasteiger partial charge is 0.413 e. The van der Waals surface area contributed by atoms with Crippen LogP contribution in [0, 0.1) is 5.92 Å². The number of halogens is 2. The summed E-state index contributed by atoms with van der Waals surface area (Å²) >= 11 is 12.6. The van der Waals surface area contributed by atoms with Crippen LogP contribution < -0.4 is 11.3 Å². The van der Waals surface area contributed by atoms with E-state index >= 15 is 0 Å². The Morgan fingerprint density at radius 1 is 1.31 bits per heavy atom. The third-order valence-electron chi connectivity index (χ3n) is 8.45. The van der Waals surface area contributed by atoms with E-state index in [0.717, 1.165) is 5.57 Å². The second kappa shape index (κ2) is 11.5. The van der Waals surface area contributed by atoms with Gasteiger partial charge in [0.25, 0.3) is 5.56 Å². The highest BCUT2D eigenvalue weighted by Gasteiger charge is 2.48. The lowest BCUT2D eigenvalue weighted by molar-refractivity contribution is 0.0176. The number of nitrogen functional groups attached to an aromatic ring is 1. The largest absolute Gasteiger partial charge is 0.475 e. The normalized spacial score (nSPS) is 27.2. The summed E-state index contributed by atoms with van der Waals surface area (Å²) in [5.41, 5.74) is 7.33. The highest BCUT2D eigenvalue weighted by Crippen LogP contribution is 2.59. The Kier molecular flexibility index (Phi) is 8.58. The number of aromatic nitrogens is 4. The standard InChI is InChI=1S/C27H36Cl2N5O6PSi/c1-15-18(13-38-41(36)37-10-9-21(39-41)17-11-16(28)7-8-19(17)29)22(40-42(5,6)27(2,3)4)12-20(15)34-14-31-23-24(34)32-26(30)33-25(23)35/h7-8,11,14,18,20-22H,1,9-10,12-13H2,2-6H3,(H3,30,32,33,35)/t18-,20-,21+,22-,41-/m0/s1. The molecular formula is C27H36Cl2N5O6PSi. The molecule has 228 valence electrons. The average molecular weight is 657 g/mol. The molecule has 1 saturated carbocycles. The number of hydrogen-bond donors (Lipinski definition) is 2. The SMILES string of the molecule is C=C1[C@H](CO[P@]2(=O)OCC[C@H](c3cc(Cl)ccc3Cl)O2)[C@@H](O[Si](C)(C)C(C)(C)C)C[C@@H]1n1cnc2c(=O)[nH]c(N)nc21. The number of fused-ring (bicyclic) bond motifs is 1. The Bertz CT molecular complexity index is 1620. The fraction of sp³-hybridized carbons (Fsp3) is 0.519. The molecule has 15 heteroatoms. The van der Waals surface area contributed by atoms with Crippen LogP contribution in [-0.2, 0) is 22.6 Å². The first-order chi connectivity index (χ1) is 19.6. The maximum Gasteiger partial charge on any atom is 0.475 e. The van der Waals surface area contributed by atoms with Crippen LogP contribution in [0.2, 0.25) is 28.2 Å². The predicted molar refractivity (Wildman–Crippen MR) is 165 cm³/mol. The molecule has 3 N–H and O–H groups in total. The van der Waals surface area contributed by atoms with Crippen LogP contribution >= 0.6 is 31.0 Å². The molecule has 0 bridgehead atoms. The Hall–Kier alpha value is -2.02. The lowest BCUT2D eigenvalue weighted by Crippen LogP contribution is -2.45. The first-order valence-corrected chi connectivity index (χ1v) is 18.8. The summed E-state index contributed by atoms with van der Waals surface area (Å²) in [5, 5.41) is 0.881. The van der Waals surface area contributed by atoms with Crippen molar-refractivity contribution in [3.05, 3.63) is 62.6 Å². The molecule has 0 amide bonds.